The van der Waals surface area contributed by atoms with E-state index in [1.54, 1.807) is 71.6 Å². The lowest BCUT2D eigenvalue weighted by Crippen LogP contribution is -2.82. The highest BCUT2D eigenvalue weighted by Crippen LogP contribution is 2.64. The lowest BCUT2D eigenvalue weighted by molar-refractivity contribution is -0.684. The van der Waals surface area contributed by atoms with Crippen LogP contribution >= 0.6 is 0 Å². The fraction of sp³-hybridized carbons (Fsp3) is 0.460. The Labute approximate surface area is 397 Å². The first-order chi connectivity index (χ1) is 32.6. The maximum Gasteiger partial charge on any atom is 0.338 e. The summed E-state index contributed by atoms with van der Waals surface area (Å²) in [5.74, 6) is -7.89. The van der Waals surface area contributed by atoms with E-state index in [9.17, 15) is 44.1 Å². The van der Waals surface area contributed by atoms with Gasteiger partial charge in [-0.2, -0.15) is 9.67 Å². The van der Waals surface area contributed by atoms with Crippen LogP contribution in [0.3, 0.4) is 0 Å². The van der Waals surface area contributed by atoms with Crippen LogP contribution in [0.4, 0.5) is 0 Å². The molecule has 7 rings (SSSR count). The Balaban J connectivity index is 1.30. The highest BCUT2D eigenvalue weighted by Gasteiger charge is 2.78. The van der Waals surface area contributed by atoms with E-state index in [0.29, 0.717) is 0 Å². The Hall–Kier alpha value is -6.67. The highest BCUT2D eigenvalue weighted by molar-refractivity contribution is 6.38. The van der Waals surface area contributed by atoms with Gasteiger partial charge in [0.05, 0.1) is 35.6 Å². The molecule has 2 amide bonds. The Kier molecular flexibility index (Phi) is 14.1. The molecule has 366 valence electrons. The molecule has 2 heterocycles. The molecule has 5 N–H and O–H groups in total. The molecule has 19 heteroatoms. The zero-order valence-corrected chi connectivity index (χ0v) is 39.2. The number of pyridine rings is 1. The number of nitrogens with one attached hydrogen (secondary N) is 2. The van der Waals surface area contributed by atoms with Crippen LogP contribution in [-0.4, -0.2) is 117 Å². The molecule has 0 radical (unpaired) electrons. The molecule has 1 aromatic heterocycles. The Morgan fingerprint density at radius 1 is 0.884 bits per heavy atom. The van der Waals surface area contributed by atoms with E-state index < -0.39 is 119 Å². The third-order valence-electron chi connectivity index (χ3n) is 14.2. The predicted octanol–water partition coefficient (Wildman–Crippen LogP) is 1.90. The topological polar surface area (TPSA) is 267 Å². The number of ether oxygens (including phenoxy) is 5. The Morgan fingerprint density at radius 3 is 2.10 bits per heavy atom. The summed E-state index contributed by atoms with van der Waals surface area (Å²) in [5, 5.41) is 44.2. The van der Waals surface area contributed by atoms with Gasteiger partial charge >= 0.3 is 29.8 Å². The number of carbonyl (C=O) groups excluding carboxylic acids is 7. The molecule has 1 aliphatic heterocycles. The number of benzene rings is 2. The third kappa shape index (κ3) is 9.18. The van der Waals surface area contributed by atoms with Crippen molar-refractivity contribution in [1.82, 2.24) is 10.7 Å². The van der Waals surface area contributed by atoms with E-state index in [1.807, 2.05) is 0 Å². The van der Waals surface area contributed by atoms with Crippen LogP contribution in [0.15, 0.2) is 108 Å². The molecule has 3 fully saturated rings. The van der Waals surface area contributed by atoms with Crippen molar-refractivity contribution in [1.29, 1.82) is 0 Å². The van der Waals surface area contributed by atoms with Gasteiger partial charge in [-0.05, 0) is 49.6 Å². The average molecular weight is 954 g/mol. The van der Waals surface area contributed by atoms with Gasteiger partial charge in [-0.25, -0.2) is 15.0 Å². The molecule has 11 atom stereocenters. The number of Topliss-reactive ketones (excluding diaryl/α,β-unsaturated/α-hetero) is 1. The number of hydrogen-bond donors (Lipinski definition) is 5. The van der Waals surface area contributed by atoms with Gasteiger partial charge < -0.3 is 44.3 Å². The molecule has 0 spiro atoms. The van der Waals surface area contributed by atoms with Crippen molar-refractivity contribution in [3.63, 3.8) is 0 Å². The average Bonchev–Trinajstić information content (AvgIpc) is 3.31. The number of ketones is 1. The number of amides is 2. The van der Waals surface area contributed by atoms with Crippen molar-refractivity contribution in [2.45, 2.75) is 122 Å². The normalized spacial score (nSPS) is 30.0. The summed E-state index contributed by atoms with van der Waals surface area (Å²) in [5.41, 5.74) is -5.59. The summed E-state index contributed by atoms with van der Waals surface area (Å²) in [6.07, 6.45) is -7.59. The van der Waals surface area contributed by atoms with Crippen LogP contribution in [0.5, 0.6) is 0 Å². The summed E-state index contributed by atoms with van der Waals surface area (Å²) in [6, 6.07) is 19.5. The summed E-state index contributed by atoms with van der Waals surface area (Å²) in [6.45, 7) is 9.02. The smallest absolute Gasteiger partial charge is 0.338 e. The summed E-state index contributed by atoms with van der Waals surface area (Å²) in [4.78, 5) is 96.6. The lowest BCUT2D eigenvalue weighted by atomic mass is 9.44. The number of aliphatic hydroxyl groups excluding tert-OH is 2. The number of carbonyl (C=O) groups is 7. The van der Waals surface area contributed by atoms with Crippen molar-refractivity contribution in [3.8, 4) is 0 Å². The first kappa shape index (κ1) is 50.2. The molecular weight excluding hydrogens is 897 g/mol. The van der Waals surface area contributed by atoms with Crippen molar-refractivity contribution in [2.75, 3.05) is 6.61 Å². The third-order valence-corrected chi connectivity index (χ3v) is 14.2. The zero-order valence-electron chi connectivity index (χ0n) is 39.2. The molecule has 2 unspecified atom stereocenters. The van der Waals surface area contributed by atoms with Crippen LogP contribution in [0.1, 0.15) is 83.3 Å². The van der Waals surface area contributed by atoms with Gasteiger partial charge in [0.15, 0.2) is 36.0 Å². The van der Waals surface area contributed by atoms with E-state index in [-0.39, 0.29) is 47.6 Å². The minimum atomic E-state index is -2.44. The quantitative estimate of drug-likeness (QED) is 0.0409. The molecule has 1 saturated heterocycles. The molecule has 2 saturated carbocycles. The second kappa shape index (κ2) is 19.4. The first-order valence-corrected chi connectivity index (χ1v) is 22.5. The van der Waals surface area contributed by atoms with Crippen LogP contribution in [0, 0.1) is 16.7 Å². The maximum atomic E-state index is 15.6. The highest BCUT2D eigenvalue weighted by atomic mass is 16.6. The fourth-order valence-corrected chi connectivity index (χ4v) is 10.6. The molecule has 2 aromatic carbocycles. The number of hydrazone groups is 1. The zero-order chi connectivity index (χ0) is 50.2. The fourth-order valence-electron chi connectivity index (χ4n) is 10.6. The minimum absolute atomic E-state index is 0.0441. The van der Waals surface area contributed by atoms with Gasteiger partial charge in [0, 0.05) is 44.2 Å². The summed E-state index contributed by atoms with van der Waals surface area (Å²) < 4.78 is 31.9. The molecule has 69 heavy (non-hydrogen) atoms. The van der Waals surface area contributed by atoms with Crippen LogP contribution in [0.2, 0.25) is 0 Å². The van der Waals surface area contributed by atoms with Gasteiger partial charge in [-0.3, -0.25) is 24.0 Å². The number of fused-ring (bicyclic) bond motifs is 5. The standard InChI is InChI=1S/C50H56N4O15/c1-27-33(67-46(63)39(59)38(31-17-11-8-12-18-31)51-44(61)28(2)52-53-36(58)25-54-21-15-10-16-22-54)24-50(64)43(68-45(62)32-19-13-9-14-20-32)41-48(7,34(57)23-35-49(41,26-65-35)69-30(4)56)42(60)40(66-29(3)55)37(27)47(50,5)6/h8-22,33-35,38-41,43,57,59,64H,23-26H2,1-7H3,(H-,51,53,58,61)/p+1/t33-,34-,35+,38-,39+,40+,41?,43?,48+,49-,50+/m0/s1. The number of aromatic nitrogens is 1. The van der Waals surface area contributed by atoms with Crippen LogP contribution in [-0.2, 0) is 59.0 Å². The van der Waals surface area contributed by atoms with Crippen LogP contribution < -0.4 is 15.3 Å². The summed E-state index contributed by atoms with van der Waals surface area (Å²) >= 11 is 0. The second-order valence-electron chi connectivity index (χ2n) is 18.8. The predicted molar refractivity (Wildman–Crippen MR) is 240 cm³/mol. The van der Waals surface area contributed by atoms with E-state index in [1.165, 1.54) is 58.9 Å². The Morgan fingerprint density at radius 2 is 1.51 bits per heavy atom. The number of nitrogens with zero attached hydrogens (tertiary/aromatic N) is 2. The Bertz CT molecular complexity index is 2570. The van der Waals surface area contributed by atoms with E-state index in [0.717, 1.165) is 13.8 Å². The molecule has 4 aliphatic rings. The van der Waals surface area contributed by atoms with Gasteiger partial charge in [0.1, 0.15) is 29.6 Å². The molecule has 19 nitrogen and oxygen atoms in total. The van der Waals surface area contributed by atoms with Gasteiger partial charge in [-0.15, -0.1) is 0 Å². The monoisotopic (exact) mass is 953 g/mol. The molecule has 3 aromatic rings. The van der Waals surface area contributed by atoms with E-state index >= 15 is 4.79 Å². The maximum absolute atomic E-state index is 15.6. The van der Waals surface area contributed by atoms with Gasteiger partial charge in [0.25, 0.3) is 5.91 Å². The summed E-state index contributed by atoms with van der Waals surface area (Å²) in [7, 11) is 0. The van der Waals surface area contributed by atoms with E-state index in [2.05, 4.69) is 15.8 Å². The van der Waals surface area contributed by atoms with Crippen molar-refractivity contribution >= 4 is 47.2 Å². The molecule has 3 aliphatic carbocycles. The first-order valence-electron chi connectivity index (χ1n) is 22.5. The van der Waals surface area contributed by atoms with E-state index in [4.69, 9.17) is 23.7 Å². The van der Waals surface area contributed by atoms with Crippen LogP contribution in [0.25, 0.3) is 0 Å². The van der Waals surface area contributed by atoms with Crippen molar-refractivity contribution in [2.24, 2.45) is 21.8 Å². The minimum Gasteiger partial charge on any atom is -0.456 e. The number of rotatable bonds is 13. The second-order valence-corrected chi connectivity index (χ2v) is 18.8. The SMILES string of the molecule is CC(=O)O[C@H]1C(=O)[C@@]2(C)C(C(OC(=O)c3ccccc3)[C@]3(O)C[C@H](OC(=O)[C@H](O)[C@@H](NC(=O)/C(C)=N/NC(=O)C[n+]4ccccc4)c4ccccc4)C(C)=C1C3(C)C)[C@]1(OC(C)=O)CO[C@@H]1C[C@@H]2O. The van der Waals surface area contributed by atoms with Crippen molar-refractivity contribution in [3.05, 3.63) is 114 Å². The number of aliphatic hydroxyl groups is 3. The number of esters is 4. The largest absolute Gasteiger partial charge is 0.456 e. The van der Waals surface area contributed by atoms with Crippen molar-refractivity contribution < 1.29 is 77.1 Å². The van der Waals surface area contributed by atoms with Gasteiger partial charge in [-0.1, -0.05) is 68.4 Å². The molecular formula is C50H57N4O15+. The van der Waals surface area contributed by atoms with Gasteiger partial charge in [0.2, 0.25) is 6.54 Å². The lowest BCUT2D eigenvalue weighted by Gasteiger charge is -2.67. The molecule has 2 bridgehead atoms. The number of hydrogen-bond acceptors (Lipinski definition) is 16.